The zero-order valence-electron chi connectivity index (χ0n) is 11.8. The van der Waals surface area contributed by atoms with Crippen molar-refractivity contribution >= 4 is 12.0 Å². The van der Waals surface area contributed by atoms with Crippen molar-refractivity contribution in [3.63, 3.8) is 0 Å². The van der Waals surface area contributed by atoms with Crippen molar-refractivity contribution in [2.75, 3.05) is 0 Å². The third-order valence-corrected chi connectivity index (χ3v) is 4.53. The van der Waals surface area contributed by atoms with Crippen LogP contribution in [0.15, 0.2) is 12.4 Å². The lowest BCUT2D eigenvalue weighted by Gasteiger charge is -2.38. The maximum absolute atomic E-state index is 12.4. The second kappa shape index (κ2) is 5.75. The number of aliphatic carboxylic acids is 1. The third-order valence-electron chi connectivity index (χ3n) is 4.53. The van der Waals surface area contributed by atoms with Gasteiger partial charge in [0.15, 0.2) is 0 Å². The first-order valence-electron chi connectivity index (χ1n) is 7.39. The topological polar surface area (TPSA) is 98.3 Å². The molecule has 2 saturated heterocycles. The number of carbonyl (C=O) groups is 2. The zero-order valence-corrected chi connectivity index (χ0v) is 11.8. The molecule has 2 aliphatic heterocycles. The highest BCUT2D eigenvalue weighted by molar-refractivity contribution is 5.75. The van der Waals surface area contributed by atoms with E-state index in [1.54, 1.807) is 12.4 Å². The normalized spacial score (nSPS) is 27.6. The predicted molar refractivity (Wildman–Crippen MR) is 74.4 cm³/mol. The van der Waals surface area contributed by atoms with Crippen LogP contribution in [0.25, 0.3) is 0 Å². The van der Waals surface area contributed by atoms with Gasteiger partial charge in [-0.1, -0.05) is 0 Å². The van der Waals surface area contributed by atoms with Crippen LogP contribution >= 0.6 is 0 Å². The molecule has 0 aliphatic carbocycles. The lowest BCUT2D eigenvalue weighted by Crippen LogP contribution is -2.50. The Balaban J connectivity index is 1.57. The highest BCUT2D eigenvalue weighted by Gasteiger charge is 2.43. The summed E-state index contributed by atoms with van der Waals surface area (Å²) in [5.74, 6) is -0.532. The molecule has 2 bridgehead atoms. The van der Waals surface area contributed by atoms with E-state index < -0.39 is 5.97 Å². The molecular weight excluding hydrogens is 272 g/mol. The summed E-state index contributed by atoms with van der Waals surface area (Å²) in [5.41, 5.74) is 0.941. The van der Waals surface area contributed by atoms with E-state index in [1.807, 2.05) is 4.90 Å². The average molecular weight is 292 g/mol. The van der Waals surface area contributed by atoms with Gasteiger partial charge in [0, 0.05) is 36.8 Å². The standard InChI is InChI=1S/C14H20N4O3/c19-13(20)5-9-3-11-1-2-12(4-9)18(11)14(21)15-6-10-7-16-17-8-10/h7-9,11-12H,1-6H2,(H,15,21)(H,16,17)(H,19,20). The van der Waals surface area contributed by atoms with E-state index in [4.69, 9.17) is 5.11 Å². The number of nitrogens with one attached hydrogen (secondary N) is 2. The molecule has 0 aromatic carbocycles. The van der Waals surface area contributed by atoms with Gasteiger partial charge in [-0.15, -0.1) is 0 Å². The molecule has 0 spiro atoms. The van der Waals surface area contributed by atoms with E-state index >= 15 is 0 Å². The number of nitrogens with zero attached hydrogens (tertiary/aromatic N) is 2. The van der Waals surface area contributed by atoms with Gasteiger partial charge in [-0.2, -0.15) is 5.10 Å². The Morgan fingerprint density at radius 1 is 1.38 bits per heavy atom. The number of urea groups is 1. The summed E-state index contributed by atoms with van der Waals surface area (Å²) >= 11 is 0. The van der Waals surface area contributed by atoms with E-state index in [0.29, 0.717) is 6.54 Å². The summed E-state index contributed by atoms with van der Waals surface area (Å²) in [5, 5.41) is 18.4. The van der Waals surface area contributed by atoms with Gasteiger partial charge in [-0.3, -0.25) is 9.89 Å². The number of hydrogen-bond acceptors (Lipinski definition) is 3. The fourth-order valence-corrected chi connectivity index (χ4v) is 3.68. The van der Waals surface area contributed by atoms with E-state index in [2.05, 4.69) is 15.5 Å². The van der Waals surface area contributed by atoms with Crippen molar-refractivity contribution in [2.24, 2.45) is 5.92 Å². The number of H-pyrrole nitrogens is 1. The first-order valence-corrected chi connectivity index (χ1v) is 7.39. The average Bonchev–Trinajstić information content (AvgIpc) is 3.02. The van der Waals surface area contributed by atoms with E-state index in [9.17, 15) is 9.59 Å². The molecule has 2 amide bonds. The molecule has 7 nitrogen and oxygen atoms in total. The summed E-state index contributed by atoms with van der Waals surface area (Å²) < 4.78 is 0. The van der Waals surface area contributed by atoms with Gasteiger partial charge < -0.3 is 15.3 Å². The fourth-order valence-electron chi connectivity index (χ4n) is 3.68. The summed E-state index contributed by atoms with van der Waals surface area (Å²) in [6, 6.07) is 0.340. The Kier molecular flexibility index (Phi) is 3.81. The van der Waals surface area contributed by atoms with Crippen LogP contribution in [0, 0.1) is 5.92 Å². The van der Waals surface area contributed by atoms with Gasteiger partial charge in [-0.05, 0) is 31.6 Å². The van der Waals surface area contributed by atoms with Crippen LogP contribution in [0.1, 0.15) is 37.7 Å². The Labute approximate surface area is 122 Å². The van der Waals surface area contributed by atoms with Crippen molar-refractivity contribution in [3.8, 4) is 0 Å². The van der Waals surface area contributed by atoms with Crippen LogP contribution in [-0.4, -0.2) is 44.3 Å². The molecule has 2 unspecified atom stereocenters. The molecule has 3 N–H and O–H groups in total. The summed E-state index contributed by atoms with van der Waals surface area (Å²) in [6.07, 6.45) is 7.25. The number of amides is 2. The largest absolute Gasteiger partial charge is 0.481 e. The molecule has 2 fully saturated rings. The lowest BCUT2D eigenvalue weighted by molar-refractivity contribution is -0.138. The van der Waals surface area contributed by atoms with Crippen LogP contribution in [0.4, 0.5) is 4.79 Å². The number of carboxylic acids is 1. The monoisotopic (exact) mass is 292 g/mol. The highest BCUT2D eigenvalue weighted by Crippen LogP contribution is 2.39. The maximum Gasteiger partial charge on any atom is 0.318 e. The van der Waals surface area contributed by atoms with Crippen molar-refractivity contribution in [1.29, 1.82) is 0 Å². The van der Waals surface area contributed by atoms with Crippen LogP contribution in [0.5, 0.6) is 0 Å². The van der Waals surface area contributed by atoms with Gasteiger partial charge >= 0.3 is 12.0 Å². The first kappa shape index (κ1) is 13.9. The molecule has 1 aromatic heterocycles. The second-order valence-corrected chi connectivity index (χ2v) is 5.99. The highest BCUT2D eigenvalue weighted by atomic mass is 16.4. The number of aromatic amines is 1. The van der Waals surface area contributed by atoms with Crippen molar-refractivity contribution in [3.05, 3.63) is 18.0 Å². The van der Waals surface area contributed by atoms with Gasteiger partial charge in [-0.25, -0.2) is 4.79 Å². The molecule has 114 valence electrons. The summed E-state index contributed by atoms with van der Waals surface area (Å²) in [4.78, 5) is 25.1. The minimum Gasteiger partial charge on any atom is -0.481 e. The second-order valence-electron chi connectivity index (χ2n) is 5.99. The van der Waals surface area contributed by atoms with Crippen molar-refractivity contribution in [2.45, 2.75) is 50.7 Å². The van der Waals surface area contributed by atoms with Crippen LogP contribution in [0.3, 0.4) is 0 Å². The fraction of sp³-hybridized carbons (Fsp3) is 0.643. The Bertz CT molecular complexity index is 502. The van der Waals surface area contributed by atoms with E-state index in [1.165, 1.54) is 0 Å². The molecule has 2 atom stereocenters. The first-order chi connectivity index (χ1) is 10.1. The van der Waals surface area contributed by atoms with Crippen molar-refractivity contribution < 1.29 is 14.7 Å². The van der Waals surface area contributed by atoms with Gasteiger partial charge in [0.05, 0.1) is 6.20 Å². The number of hydrogen-bond donors (Lipinski definition) is 3. The van der Waals surface area contributed by atoms with Crippen LogP contribution < -0.4 is 5.32 Å². The number of carbonyl (C=O) groups excluding carboxylic acids is 1. The minimum atomic E-state index is -0.739. The predicted octanol–water partition coefficient (Wildman–Crippen LogP) is 1.34. The third kappa shape index (κ3) is 3.01. The molecule has 1 aromatic rings. The minimum absolute atomic E-state index is 0.0440. The van der Waals surface area contributed by atoms with E-state index in [-0.39, 0.29) is 30.5 Å². The summed E-state index contributed by atoms with van der Waals surface area (Å²) in [7, 11) is 0. The number of piperidine rings is 1. The lowest BCUT2D eigenvalue weighted by atomic mass is 9.88. The summed E-state index contributed by atoms with van der Waals surface area (Å²) in [6.45, 7) is 0.462. The van der Waals surface area contributed by atoms with Crippen LogP contribution in [0.2, 0.25) is 0 Å². The molecule has 3 rings (SSSR count). The van der Waals surface area contributed by atoms with Crippen molar-refractivity contribution in [1.82, 2.24) is 20.4 Å². The zero-order chi connectivity index (χ0) is 14.8. The molecule has 0 radical (unpaired) electrons. The molecule has 3 heterocycles. The SMILES string of the molecule is O=C(O)CC1CC2CCC(C1)N2C(=O)NCc1cn[nH]c1. The van der Waals surface area contributed by atoms with Gasteiger partial charge in [0.2, 0.25) is 0 Å². The number of rotatable bonds is 4. The molecular formula is C14H20N4O3. The Morgan fingerprint density at radius 2 is 2.10 bits per heavy atom. The number of fused-ring (bicyclic) bond motifs is 2. The Morgan fingerprint density at radius 3 is 2.67 bits per heavy atom. The molecule has 7 heteroatoms. The number of aromatic nitrogens is 2. The smallest absolute Gasteiger partial charge is 0.318 e. The molecule has 21 heavy (non-hydrogen) atoms. The van der Waals surface area contributed by atoms with Gasteiger partial charge in [0.25, 0.3) is 0 Å². The van der Waals surface area contributed by atoms with E-state index in [0.717, 1.165) is 31.2 Å². The molecule has 2 aliphatic rings. The number of carboxylic acid groups (broad SMARTS) is 1. The Hall–Kier alpha value is -2.05. The van der Waals surface area contributed by atoms with Crippen LogP contribution in [-0.2, 0) is 11.3 Å². The van der Waals surface area contributed by atoms with Gasteiger partial charge in [0.1, 0.15) is 0 Å². The quantitative estimate of drug-likeness (QED) is 0.780. The maximum atomic E-state index is 12.4. The molecule has 0 saturated carbocycles.